The van der Waals surface area contributed by atoms with E-state index < -0.39 is 0 Å². The highest BCUT2D eigenvalue weighted by Gasteiger charge is 2.08. The maximum Gasteiger partial charge on any atom is 0.211 e. The fourth-order valence-corrected chi connectivity index (χ4v) is 2.68. The molecule has 2 aromatic heterocycles. The number of aromatic nitrogens is 3. The molecule has 0 fully saturated rings. The van der Waals surface area contributed by atoms with Crippen molar-refractivity contribution >= 4 is 21.6 Å². The van der Waals surface area contributed by atoms with Crippen molar-refractivity contribution in [3.63, 3.8) is 0 Å². The van der Waals surface area contributed by atoms with E-state index in [9.17, 15) is 0 Å². The Morgan fingerprint density at radius 1 is 1.25 bits per heavy atom. The summed E-state index contributed by atoms with van der Waals surface area (Å²) in [6.45, 7) is 2.13. The SMILES string of the molecule is CCc1ccnn1-c1nc2ccccc2s1. The van der Waals surface area contributed by atoms with Gasteiger partial charge in [-0.3, -0.25) is 0 Å². The summed E-state index contributed by atoms with van der Waals surface area (Å²) in [5.41, 5.74) is 2.24. The smallest absolute Gasteiger partial charge is 0.211 e. The van der Waals surface area contributed by atoms with Crippen LogP contribution < -0.4 is 0 Å². The molecule has 0 saturated heterocycles. The molecule has 0 amide bonds. The van der Waals surface area contributed by atoms with Crippen molar-refractivity contribution in [3.8, 4) is 5.13 Å². The third kappa shape index (κ3) is 1.42. The summed E-state index contributed by atoms with van der Waals surface area (Å²) in [5, 5.41) is 5.26. The van der Waals surface area contributed by atoms with Crippen LogP contribution in [0.1, 0.15) is 12.6 Å². The van der Waals surface area contributed by atoms with Gasteiger partial charge in [0.15, 0.2) is 0 Å². The Bertz CT molecular complexity index is 591. The normalized spacial score (nSPS) is 11.1. The highest BCUT2D eigenvalue weighted by molar-refractivity contribution is 7.20. The molecule has 0 radical (unpaired) electrons. The van der Waals surface area contributed by atoms with Gasteiger partial charge in [-0.1, -0.05) is 30.4 Å². The standard InChI is InChI=1S/C12H11N3S/c1-2-9-7-8-13-15(9)12-14-10-5-3-4-6-11(10)16-12/h3-8H,2H2,1H3. The van der Waals surface area contributed by atoms with E-state index in [2.05, 4.69) is 23.1 Å². The van der Waals surface area contributed by atoms with E-state index >= 15 is 0 Å². The summed E-state index contributed by atoms with van der Waals surface area (Å²) < 4.78 is 3.13. The fourth-order valence-electron chi connectivity index (χ4n) is 1.72. The van der Waals surface area contributed by atoms with Crippen LogP contribution in [0.3, 0.4) is 0 Å². The fraction of sp³-hybridized carbons (Fsp3) is 0.167. The van der Waals surface area contributed by atoms with E-state index in [0.717, 1.165) is 17.1 Å². The number of hydrogen-bond donors (Lipinski definition) is 0. The van der Waals surface area contributed by atoms with Gasteiger partial charge in [0.1, 0.15) is 0 Å². The Labute approximate surface area is 97.4 Å². The van der Waals surface area contributed by atoms with Crippen LogP contribution in [0.5, 0.6) is 0 Å². The highest BCUT2D eigenvalue weighted by atomic mass is 32.1. The zero-order valence-electron chi connectivity index (χ0n) is 8.92. The quantitative estimate of drug-likeness (QED) is 0.676. The molecule has 1 aromatic carbocycles. The van der Waals surface area contributed by atoms with Crippen molar-refractivity contribution in [1.29, 1.82) is 0 Å². The maximum absolute atomic E-state index is 4.58. The first-order chi connectivity index (χ1) is 7.88. The van der Waals surface area contributed by atoms with Crippen LogP contribution in [0.15, 0.2) is 36.5 Å². The van der Waals surface area contributed by atoms with Gasteiger partial charge in [-0.25, -0.2) is 9.67 Å². The molecule has 3 nitrogen and oxygen atoms in total. The summed E-state index contributed by atoms with van der Waals surface area (Å²) in [5.74, 6) is 0. The number of thiazole rings is 1. The lowest BCUT2D eigenvalue weighted by Crippen LogP contribution is -1.99. The second-order valence-corrected chi connectivity index (χ2v) is 4.56. The number of hydrogen-bond acceptors (Lipinski definition) is 3. The Morgan fingerprint density at radius 2 is 2.12 bits per heavy atom. The van der Waals surface area contributed by atoms with Gasteiger partial charge < -0.3 is 0 Å². The monoisotopic (exact) mass is 229 g/mol. The number of benzene rings is 1. The lowest BCUT2D eigenvalue weighted by atomic mass is 10.3. The molecule has 4 heteroatoms. The van der Waals surface area contributed by atoms with Gasteiger partial charge in [-0.2, -0.15) is 5.10 Å². The summed E-state index contributed by atoms with van der Waals surface area (Å²) in [7, 11) is 0. The summed E-state index contributed by atoms with van der Waals surface area (Å²) in [4.78, 5) is 4.58. The Balaban J connectivity index is 2.19. The molecular weight excluding hydrogens is 218 g/mol. The third-order valence-electron chi connectivity index (χ3n) is 2.55. The first kappa shape index (κ1) is 9.54. The lowest BCUT2D eigenvalue weighted by Gasteiger charge is -1.99. The van der Waals surface area contributed by atoms with Crippen LogP contribution in [-0.2, 0) is 6.42 Å². The number of nitrogens with zero attached hydrogens (tertiary/aromatic N) is 3. The topological polar surface area (TPSA) is 30.7 Å². The van der Waals surface area contributed by atoms with Gasteiger partial charge in [0.05, 0.1) is 10.2 Å². The predicted octanol–water partition coefficient (Wildman–Crippen LogP) is 3.04. The molecule has 2 heterocycles. The third-order valence-corrected chi connectivity index (χ3v) is 3.56. The predicted molar refractivity (Wildman–Crippen MR) is 66.1 cm³/mol. The Hall–Kier alpha value is -1.68. The molecule has 3 aromatic rings. The number of aryl methyl sites for hydroxylation is 1. The van der Waals surface area contributed by atoms with E-state index in [0.29, 0.717) is 0 Å². The zero-order valence-corrected chi connectivity index (χ0v) is 9.74. The van der Waals surface area contributed by atoms with Crippen LogP contribution in [0.25, 0.3) is 15.3 Å². The highest BCUT2D eigenvalue weighted by Crippen LogP contribution is 2.24. The molecule has 0 unspecified atom stereocenters. The molecule has 0 N–H and O–H groups in total. The first-order valence-corrected chi connectivity index (χ1v) is 6.09. The summed E-state index contributed by atoms with van der Waals surface area (Å²) in [6, 6.07) is 10.2. The van der Waals surface area contributed by atoms with Crippen molar-refractivity contribution in [2.75, 3.05) is 0 Å². The van der Waals surface area contributed by atoms with Crippen LogP contribution in [-0.4, -0.2) is 14.8 Å². The largest absolute Gasteiger partial charge is 0.218 e. The van der Waals surface area contributed by atoms with Crippen molar-refractivity contribution < 1.29 is 0 Å². The van der Waals surface area contributed by atoms with E-state index in [4.69, 9.17) is 0 Å². The molecule has 80 valence electrons. The Kier molecular flexibility index (Phi) is 2.22. The van der Waals surface area contributed by atoms with Crippen molar-refractivity contribution in [1.82, 2.24) is 14.8 Å². The first-order valence-electron chi connectivity index (χ1n) is 5.27. The van der Waals surface area contributed by atoms with Crippen molar-refractivity contribution in [2.45, 2.75) is 13.3 Å². The number of fused-ring (bicyclic) bond motifs is 1. The molecule has 0 spiro atoms. The number of rotatable bonds is 2. The molecule has 0 saturated carbocycles. The number of para-hydroxylation sites is 1. The van der Waals surface area contributed by atoms with Gasteiger partial charge in [-0.15, -0.1) is 0 Å². The van der Waals surface area contributed by atoms with Gasteiger partial charge in [0, 0.05) is 11.9 Å². The summed E-state index contributed by atoms with van der Waals surface area (Å²) >= 11 is 1.67. The van der Waals surface area contributed by atoms with E-state index in [1.54, 1.807) is 11.3 Å². The van der Waals surface area contributed by atoms with E-state index in [1.165, 1.54) is 10.4 Å². The molecule has 0 atom stereocenters. The molecule has 0 aliphatic carbocycles. The molecule has 0 bridgehead atoms. The molecule has 0 aliphatic rings. The second kappa shape index (κ2) is 3.72. The van der Waals surface area contributed by atoms with Crippen LogP contribution in [0.4, 0.5) is 0 Å². The van der Waals surface area contributed by atoms with Gasteiger partial charge >= 0.3 is 0 Å². The molecular formula is C12H11N3S. The summed E-state index contributed by atoms with van der Waals surface area (Å²) in [6.07, 6.45) is 2.79. The van der Waals surface area contributed by atoms with Crippen LogP contribution in [0.2, 0.25) is 0 Å². The van der Waals surface area contributed by atoms with Gasteiger partial charge in [-0.05, 0) is 24.6 Å². The van der Waals surface area contributed by atoms with E-state index in [1.807, 2.05) is 35.1 Å². The maximum atomic E-state index is 4.58. The van der Waals surface area contributed by atoms with Crippen LogP contribution >= 0.6 is 11.3 Å². The lowest BCUT2D eigenvalue weighted by molar-refractivity contribution is 0.809. The minimum absolute atomic E-state index is 0.947. The van der Waals surface area contributed by atoms with E-state index in [-0.39, 0.29) is 0 Å². The van der Waals surface area contributed by atoms with Crippen molar-refractivity contribution in [3.05, 3.63) is 42.2 Å². The van der Waals surface area contributed by atoms with Gasteiger partial charge in [0.25, 0.3) is 0 Å². The molecule has 0 aliphatic heterocycles. The molecule has 16 heavy (non-hydrogen) atoms. The van der Waals surface area contributed by atoms with Crippen molar-refractivity contribution in [2.24, 2.45) is 0 Å². The minimum Gasteiger partial charge on any atom is -0.218 e. The van der Waals surface area contributed by atoms with Gasteiger partial charge in [0.2, 0.25) is 5.13 Å². The molecule has 3 rings (SSSR count). The second-order valence-electron chi connectivity index (χ2n) is 3.55. The zero-order chi connectivity index (χ0) is 11.0. The Morgan fingerprint density at radius 3 is 2.94 bits per heavy atom. The average molecular weight is 229 g/mol. The average Bonchev–Trinajstić information content (AvgIpc) is 2.94. The van der Waals surface area contributed by atoms with Crippen LogP contribution in [0, 0.1) is 0 Å². The minimum atomic E-state index is 0.947.